The summed E-state index contributed by atoms with van der Waals surface area (Å²) in [6.45, 7) is 2.23. The number of carbonyl (C=O) groups is 2. The van der Waals surface area contributed by atoms with Gasteiger partial charge in [0, 0.05) is 18.2 Å². The summed E-state index contributed by atoms with van der Waals surface area (Å²) in [5.74, 6) is -1.44. The highest BCUT2D eigenvalue weighted by atomic mass is 19.1. The van der Waals surface area contributed by atoms with E-state index in [9.17, 15) is 18.4 Å². The predicted molar refractivity (Wildman–Crippen MR) is 108 cm³/mol. The number of hydrogen-bond acceptors (Lipinski definition) is 5. The number of hydrogen-bond donors (Lipinski definition) is 1. The lowest BCUT2D eigenvalue weighted by molar-refractivity contribution is -0.141. The third-order valence-electron chi connectivity index (χ3n) is 5.13. The normalized spacial score (nSPS) is 16.0. The first-order chi connectivity index (χ1) is 15.0. The van der Waals surface area contributed by atoms with E-state index in [0.717, 1.165) is 12.5 Å². The Morgan fingerprint density at radius 2 is 2.10 bits per heavy atom. The van der Waals surface area contributed by atoms with Crippen LogP contribution in [0.1, 0.15) is 31.7 Å². The van der Waals surface area contributed by atoms with Gasteiger partial charge in [0.05, 0.1) is 6.61 Å². The van der Waals surface area contributed by atoms with Crippen LogP contribution in [-0.2, 0) is 9.53 Å². The number of amides is 2. The highest BCUT2D eigenvalue weighted by Crippen LogP contribution is 2.34. The van der Waals surface area contributed by atoms with Gasteiger partial charge in [-0.3, -0.25) is 4.79 Å². The van der Waals surface area contributed by atoms with Gasteiger partial charge < -0.3 is 19.4 Å². The second-order valence-electron chi connectivity index (χ2n) is 7.17. The number of ether oxygens (including phenoxy) is 1. The van der Waals surface area contributed by atoms with E-state index in [4.69, 9.17) is 9.15 Å². The first-order valence-electron chi connectivity index (χ1n) is 10.0. The molecule has 0 bridgehead atoms. The van der Waals surface area contributed by atoms with Gasteiger partial charge in [-0.05, 0) is 49.6 Å². The number of carbonyl (C=O) groups excluding carboxylic acids is 2. The van der Waals surface area contributed by atoms with Gasteiger partial charge >= 0.3 is 12.0 Å². The van der Waals surface area contributed by atoms with Gasteiger partial charge in [0.2, 0.25) is 5.89 Å². The number of nitrogens with one attached hydrogen (secondary N) is 1. The maximum atomic E-state index is 14.1. The number of oxazole rings is 1. The molecule has 3 aromatic rings. The standard InChI is InChI=1S/C22H21F2N3O4/c1-2-30-20(28)12-25-22(29)27-9-3-4-18(27)21-26-17-10-13(5-8-19(17)31-21)15-7-6-14(23)11-16(15)24/h5-8,10-11,18H,2-4,9,12H2,1H3,(H,25,29)/t18-/m1/s1. The quantitative estimate of drug-likeness (QED) is 0.615. The Kier molecular flexibility index (Phi) is 5.83. The molecule has 1 N–H and O–H groups in total. The van der Waals surface area contributed by atoms with E-state index in [1.165, 1.54) is 12.1 Å². The minimum absolute atomic E-state index is 0.212. The summed E-state index contributed by atoms with van der Waals surface area (Å²) in [5.41, 5.74) is 1.81. The van der Waals surface area contributed by atoms with Crippen LogP contribution in [0.15, 0.2) is 40.8 Å². The van der Waals surface area contributed by atoms with Crippen molar-refractivity contribution in [1.82, 2.24) is 15.2 Å². The minimum Gasteiger partial charge on any atom is -0.465 e. The third kappa shape index (κ3) is 4.35. The van der Waals surface area contributed by atoms with Crippen LogP contribution >= 0.6 is 0 Å². The Hall–Kier alpha value is -3.49. The maximum absolute atomic E-state index is 14.1. The zero-order chi connectivity index (χ0) is 22.0. The van der Waals surface area contributed by atoms with Crippen molar-refractivity contribution in [2.24, 2.45) is 0 Å². The van der Waals surface area contributed by atoms with Crippen LogP contribution in [-0.4, -0.2) is 41.6 Å². The summed E-state index contributed by atoms with van der Waals surface area (Å²) in [7, 11) is 0. The van der Waals surface area contributed by atoms with Crippen molar-refractivity contribution in [2.75, 3.05) is 19.7 Å². The van der Waals surface area contributed by atoms with E-state index >= 15 is 0 Å². The van der Waals surface area contributed by atoms with Gasteiger partial charge in [-0.1, -0.05) is 6.07 Å². The molecule has 2 aromatic carbocycles. The number of esters is 1. The summed E-state index contributed by atoms with van der Waals surface area (Å²) < 4.78 is 38.0. The molecule has 7 nitrogen and oxygen atoms in total. The maximum Gasteiger partial charge on any atom is 0.325 e. The van der Waals surface area contributed by atoms with E-state index < -0.39 is 23.6 Å². The number of urea groups is 1. The van der Waals surface area contributed by atoms with Crippen LogP contribution in [0.5, 0.6) is 0 Å². The summed E-state index contributed by atoms with van der Waals surface area (Å²) >= 11 is 0. The molecule has 0 unspecified atom stereocenters. The van der Waals surface area contributed by atoms with Crippen molar-refractivity contribution < 1.29 is 27.5 Å². The fourth-order valence-corrected chi connectivity index (χ4v) is 3.71. The fourth-order valence-electron chi connectivity index (χ4n) is 3.71. The number of halogens is 2. The van der Waals surface area contributed by atoms with Gasteiger partial charge in [-0.25, -0.2) is 18.6 Å². The molecule has 2 heterocycles. The summed E-state index contributed by atoms with van der Waals surface area (Å²) in [5, 5.41) is 2.55. The second kappa shape index (κ2) is 8.71. The van der Waals surface area contributed by atoms with Gasteiger partial charge in [0.15, 0.2) is 5.58 Å². The topological polar surface area (TPSA) is 84.7 Å². The second-order valence-corrected chi connectivity index (χ2v) is 7.17. The van der Waals surface area contributed by atoms with Crippen LogP contribution in [0.3, 0.4) is 0 Å². The number of aromatic nitrogens is 1. The molecule has 9 heteroatoms. The van der Waals surface area contributed by atoms with Crippen molar-refractivity contribution in [3.63, 3.8) is 0 Å². The number of fused-ring (bicyclic) bond motifs is 1. The Bertz CT molecular complexity index is 1130. The summed E-state index contributed by atoms with van der Waals surface area (Å²) in [6.07, 6.45) is 1.43. The fraction of sp³-hybridized carbons (Fsp3) is 0.318. The molecule has 0 spiro atoms. The monoisotopic (exact) mass is 429 g/mol. The molecule has 0 radical (unpaired) electrons. The van der Waals surface area contributed by atoms with E-state index in [-0.39, 0.29) is 24.8 Å². The Morgan fingerprint density at radius 3 is 2.87 bits per heavy atom. The molecular weight excluding hydrogens is 408 g/mol. The van der Waals surface area contributed by atoms with E-state index in [2.05, 4.69) is 10.3 Å². The highest BCUT2D eigenvalue weighted by molar-refractivity contribution is 5.82. The zero-order valence-corrected chi connectivity index (χ0v) is 16.9. The van der Waals surface area contributed by atoms with E-state index in [1.807, 2.05) is 0 Å². The van der Waals surface area contributed by atoms with Crippen LogP contribution in [0.2, 0.25) is 0 Å². The first-order valence-corrected chi connectivity index (χ1v) is 10.0. The van der Waals surface area contributed by atoms with Crippen molar-refractivity contribution in [1.29, 1.82) is 0 Å². The van der Waals surface area contributed by atoms with Crippen LogP contribution < -0.4 is 5.32 Å². The number of benzene rings is 2. The molecule has 1 fully saturated rings. The summed E-state index contributed by atoms with van der Waals surface area (Å²) in [6, 6.07) is 7.64. The van der Waals surface area contributed by atoms with E-state index in [1.54, 1.807) is 30.0 Å². The van der Waals surface area contributed by atoms with Crippen LogP contribution in [0.4, 0.5) is 13.6 Å². The highest BCUT2D eigenvalue weighted by Gasteiger charge is 2.33. The Balaban J connectivity index is 1.55. The molecule has 0 saturated carbocycles. The average molecular weight is 429 g/mol. The predicted octanol–water partition coefficient (Wildman–Crippen LogP) is 4.18. The summed E-state index contributed by atoms with van der Waals surface area (Å²) in [4.78, 5) is 30.1. The average Bonchev–Trinajstić information content (AvgIpc) is 3.38. The lowest BCUT2D eigenvalue weighted by atomic mass is 10.0. The molecular formula is C22H21F2N3O4. The SMILES string of the molecule is CCOC(=O)CNC(=O)N1CCC[C@@H]1c1nc2cc(-c3ccc(F)cc3F)ccc2o1. The lowest BCUT2D eigenvalue weighted by Crippen LogP contribution is -2.42. The number of likely N-dealkylation sites (tertiary alicyclic amines) is 1. The van der Waals surface area contributed by atoms with Crippen LogP contribution in [0, 0.1) is 11.6 Å². The molecule has 31 heavy (non-hydrogen) atoms. The van der Waals surface area contributed by atoms with Crippen molar-refractivity contribution in [2.45, 2.75) is 25.8 Å². The molecule has 1 aliphatic rings. The molecule has 1 atom stereocenters. The lowest BCUT2D eigenvalue weighted by Gasteiger charge is -2.22. The molecule has 1 saturated heterocycles. The first kappa shape index (κ1) is 20.8. The van der Waals surface area contributed by atoms with Crippen molar-refractivity contribution >= 4 is 23.1 Å². The van der Waals surface area contributed by atoms with Gasteiger partial charge in [-0.15, -0.1) is 0 Å². The number of nitrogens with zero attached hydrogens (tertiary/aromatic N) is 2. The molecule has 1 aliphatic heterocycles. The zero-order valence-electron chi connectivity index (χ0n) is 16.9. The molecule has 2 amide bonds. The van der Waals surface area contributed by atoms with Gasteiger partial charge in [0.25, 0.3) is 0 Å². The molecule has 4 rings (SSSR count). The number of rotatable bonds is 5. The minimum atomic E-state index is -0.664. The molecule has 1 aromatic heterocycles. The van der Waals surface area contributed by atoms with Crippen LogP contribution in [0.25, 0.3) is 22.2 Å². The Labute approximate surface area is 177 Å². The smallest absolute Gasteiger partial charge is 0.325 e. The van der Waals surface area contributed by atoms with Gasteiger partial charge in [0.1, 0.15) is 29.7 Å². The van der Waals surface area contributed by atoms with Gasteiger partial charge in [-0.2, -0.15) is 0 Å². The van der Waals surface area contributed by atoms with E-state index in [0.29, 0.717) is 35.5 Å². The van der Waals surface area contributed by atoms with Crippen molar-refractivity contribution in [3.05, 3.63) is 53.9 Å². The third-order valence-corrected chi connectivity index (χ3v) is 5.13. The Morgan fingerprint density at radius 1 is 1.26 bits per heavy atom. The largest absolute Gasteiger partial charge is 0.465 e. The molecule has 0 aliphatic carbocycles. The van der Waals surface area contributed by atoms with Crippen molar-refractivity contribution in [3.8, 4) is 11.1 Å². The molecule has 162 valence electrons.